The third-order valence-electron chi connectivity index (χ3n) is 5.71. The average molecular weight is 501 g/mol. The number of nitrogens with zero attached hydrogens (tertiary/aromatic N) is 2. The van der Waals surface area contributed by atoms with Crippen molar-refractivity contribution in [2.24, 2.45) is 0 Å². The van der Waals surface area contributed by atoms with Gasteiger partial charge in [0.2, 0.25) is 0 Å². The van der Waals surface area contributed by atoms with E-state index < -0.39 is 17.2 Å². The van der Waals surface area contributed by atoms with Gasteiger partial charge in [-0.25, -0.2) is 8.78 Å². The predicted molar refractivity (Wildman–Crippen MR) is 134 cm³/mol. The molecule has 4 aromatic rings. The number of ether oxygens (including phenoxy) is 1. The minimum atomic E-state index is -0.720. The zero-order valence-electron chi connectivity index (χ0n) is 19.6. The predicted octanol–water partition coefficient (Wildman–Crippen LogP) is 4.54. The number of rotatable bonds is 10. The van der Waals surface area contributed by atoms with Crippen molar-refractivity contribution in [1.82, 2.24) is 19.8 Å². The van der Waals surface area contributed by atoms with Crippen LogP contribution in [0, 0.1) is 11.6 Å². The van der Waals surface area contributed by atoms with E-state index in [1.165, 1.54) is 10.6 Å². The topological polar surface area (TPSA) is 62.3 Å². The lowest BCUT2D eigenvalue weighted by atomic mass is 10.1. The number of hydrogen-bond acceptors (Lipinski definition) is 4. The van der Waals surface area contributed by atoms with E-state index >= 15 is 0 Å². The van der Waals surface area contributed by atoms with E-state index in [0.717, 1.165) is 53.8 Å². The van der Waals surface area contributed by atoms with Crippen molar-refractivity contribution in [3.05, 3.63) is 98.6 Å². The number of aromatic amines is 1. The average Bonchev–Trinajstić information content (AvgIpc) is 3.22. The second-order valence-electron chi connectivity index (χ2n) is 8.63. The number of halogens is 3. The first kappa shape index (κ1) is 24.9. The first-order chi connectivity index (χ1) is 16.8. The molecule has 0 spiro atoms. The molecule has 0 amide bonds. The molecule has 0 aliphatic heterocycles. The van der Waals surface area contributed by atoms with Gasteiger partial charge in [-0.05, 0) is 55.6 Å². The van der Waals surface area contributed by atoms with Crippen molar-refractivity contribution in [2.75, 3.05) is 27.2 Å². The number of aromatic nitrogens is 2. The fourth-order valence-electron chi connectivity index (χ4n) is 3.75. The van der Waals surface area contributed by atoms with Crippen LogP contribution in [0.1, 0.15) is 16.7 Å². The Balaban J connectivity index is 1.46. The van der Waals surface area contributed by atoms with Gasteiger partial charge >= 0.3 is 0 Å². The van der Waals surface area contributed by atoms with E-state index in [-0.39, 0.29) is 22.9 Å². The van der Waals surface area contributed by atoms with Crippen molar-refractivity contribution in [3.63, 3.8) is 0 Å². The Kier molecular flexibility index (Phi) is 7.85. The molecule has 0 radical (unpaired) electrons. The lowest BCUT2D eigenvalue weighted by molar-refractivity contribution is 0.298. The standard InChI is InChI=1S/C26H27ClF2N4O2/c1-32(2)10-8-30-13-19-14-31-23-6-3-17(11-21(19)23)15-33-9-7-24(25(27)26(33)34)35-16-18-4-5-20(28)12-22(18)29/h3-7,9,11-12,14,30-31H,8,10,13,15-16H2,1-2H3. The fourth-order valence-corrected chi connectivity index (χ4v) is 3.98. The summed E-state index contributed by atoms with van der Waals surface area (Å²) in [5, 5.41) is 4.45. The van der Waals surface area contributed by atoms with Gasteiger partial charge in [0.25, 0.3) is 5.56 Å². The van der Waals surface area contributed by atoms with Gasteiger partial charge in [-0.2, -0.15) is 0 Å². The molecule has 4 rings (SSSR count). The Bertz CT molecular complexity index is 1380. The maximum atomic E-state index is 13.8. The highest BCUT2D eigenvalue weighted by atomic mass is 35.5. The maximum Gasteiger partial charge on any atom is 0.273 e. The molecule has 0 atom stereocenters. The molecule has 2 N–H and O–H groups in total. The molecular weight excluding hydrogens is 474 g/mol. The van der Waals surface area contributed by atoms with Gasteiger partial charge in [0, 0.05) is 54.6 Å². The summed E-state index contributed by atoms with van der Waals surface area (Å²) >= 11 is 6.26. The molecule has 0 saturated heterocycles. The van der Waals surface area contributed by atoms with Gasteiger partial charge < -0.3 is 24.5 Å². The third kappa shape index (κ3) is 6.08. The Hall–Kier alpha value is -3.20. The van der Waals surface area contributed by atoms with Crippen LogP contribution in [0.25, 0.3) is 10.9 Å². The first-order valence-corrected chi connectivity index (χ1v) is 11.6. The maximum absolute atomic E-state index is 13.8. The van der Waals surface area contributed by atoms with Gasteiger partial charge in [0.15, 0.2) is 0 Å². The Morgan fingerprint density at radius 2 is 1.94 bits per heavy atom. The van der Waals surface area contributed by atoms with E-state index in [4.69, 9.17) is 16.3 Å². The first-order valence-electron chi connectivity index (χ1n) is 11.2. The summed E-state index contributed by atoms with van der Waals surface area (Å²) in [4.78, 5) is 18.2. The third-order valence-corrected chi connectivity index (χ3v) is 6.05. The summed E-state index contributed by atoms with van der Waals surface area (Å²) in [6, 6.07) is 10.8. The van der Waals surface area contributed by atoms with Gasteiger partial charge in [0.05, 0.1) is 6.54 Å². The Morgan fingerprint density at radius 3 is 2.71 bits per heavy atom. The summed E-state index contributed by atoms with van der Waals surface area (Å²) in [7, 11) is 4.08. The molecule has 35 heavy (non-hydrogen) atoms. The molecule has 0 unspecified atom stereocenters. The van der Waals surface area contributed by atoms with Crippen LogP contribution in [0.15, 0.2) is 59.7 Å². The summed E-state index contributed by atoms with van der Waals surface area (Å²) in [5.41, 5.74) is 2.89. The van der Waals surface area contributed by atoms with Crippen molar-refractivity contribution >= 4 is 22.5 Å². The molecule has 0 aliphatic rings. The minimum Gasteiger partial charge on any atom is -0.487 e. The van der Waals surface area contributed by atoms with E-state index in [2.05, 4.69) is 21.3 Å². The quantitative estimate of drug-likeness (QED) is 0.314. The second-order valence-corrected chi connectivity index (χ2v) is 9.00. The largest absolute Gasteiger partial charge is 0.487 e. The molecule has 0 aliphatic carbocycles. The van der Waals surface area contributed by atoms with Crippen molar-refractivity contribution in [3.8, 4) is 5.75 Å². The minimum absolute atomic E-state index is 0.0940. The summed E-state index contributed by atoms with van der Waals surface area (Å²) in [6.45, 7) is 2.74. The number of nitrogens with one attached hydrogen (secondary N) is 2. The molecule has 2 heterocycles. The smallest absolute Gasteiger partial charge is 0.273 e. The number of benzene rings is 2. The zero-order chi connectivity index (χ0) is 24.9. The second kappa shape index (κ2) is 11.0. The lowest BCUT2D eigenvalue weighted by Crippen LogP contribution is -2.26. The van der Waals surface area contributed by atoms with Crippen molar-refractivity contribution < 1.29 is 13.5 Å². The SMILES string of the molecule is CN(C)CCNCc1c[nH]c2ccc(Cn3ccc(OCc4ccc(F)cc4F)c(Cl)c3=O)cc12. The number of likely N-dealkylation sites (N-methyl/N-ethyl adjacent to an activating group) is 1. The molecular formula is C26H27ClF2N4O2. The number of fused-ring (bicyclic) bond motifs is 1. The van der Waals surface area contributed by atoms with Gasteiger partial charge in [-0.1, -0.05) is 17.7 Å². The zero-order valence-corrected chi connectivity index (χ0v) is 20.3. The molecule has 2 aromatic carbocycles. The van der Waals surface area contributed by atoms with E-state index in [1.54, 1.807) is 12.3 Å². The van der Waals surface area contributed by atoms with Crippen LogP contribution in [-0.2, 0) is 19.7 Å². The normalized spacial score (nSPS) is 11.5. The Morgan fingerprint density at radius 1 is 1.11 bits per heavy atom. The van der Waals surface area contributed by atoms with Crippen LogP contribution in [0.4, 0.5) is 8.78 Å². The molecule has 184 valence electrons. The summed E-state index contributed by atoms with van der Waals surface area (Å²) < 4.78 is 34.0. The monoisotopic (exact) mass is 500 g/mol. The fraction of sp³-hybridized carbons (Fsp3) is 0.269. The van der Waals surface area contributed by atoms with Crippen LogP contribution in [0.5, 0.6) is 5.75 Å². The number of hydrogen-bond donors (Lipinski definition) is 2. The summed E-state index contributed by atoms with van der Waals surface area (Å²) in [5.74, 6) is -1.25. The highest BCUT2D eigenvalue weighted by Crippen LogP contribution is 2.23. The van der Waals surface area contributed by atoms with Crippen LogP contribution in [0.2, 0.25) is 5.02 Å². The van der Waals surface area contributed by atoms with Crippen LogP contribution in [-0.4, -0.2) is 41.6 Å². The van der Waals surface area contributed by atoms with Crippen molar-refractivity contribution in [1.29, 1.82) is 0 Å². The lowest BCUT2D eigenvalue weighted by Gasteiger charge is -2.12. The van der Waals surface area contributed by atoms with Crippen LogP contribution >= 0.6 is 11.6 Å². The summed E-state index contributed by atoms with van der Waals surface area (Å²) in [6.07, 6.45) is 3.59. The number of pyridine rings is 1. The van der Waals surface area contributed by atoms with E-state index in [1.807, 2.05) is 32.4 Å². The molecule has 2 aromatic heterocycles. The van der Waals surface area contributed by atoms with Gasteiger partial charge in [-0.3, -0.25) is 4.79 Å². The van der Waals surface area contributed by atoms with Crippen molar-refractivity contribution in [2.45, 2.75) is 19.7 Å². The Labute approximate surface area is 207 Å². The molecule has 0 fully saturated rings. The molecule has 0 bridgehead atoms. The van der Waals surface area contributed by atoms with E-state index in [9.17, 15) is 13.6 Å². The molecule has 6 nitrogen and oxygen atoms in total. The molecule has 0 saturated carbocycles. The highest BCUT2D eigenvalue weighted by molar-refractivity contribution is 6.31. The van der Waals surface area contributed by atoms with Crippen LogP contribution in [0.3, 0.4) is 0 Å². The van der Waals surface area contributed by atoms with E-state index in [0.29, 0.717) is 6.54 Å². The highest BCUT2D eigenvalue weighted by Gasteiger charge is 2.12. The molecule has 9 heteroatoms. The van der Waals surface area contributed by atoms with Gasteiger partial charge in [0.1, 0.15) is 29.0 Å². The van der Waals surface area contributed by atoms with Gasteiger partial charge in [-0.15, -0.1) is 0 Å². The number of H-pyrrole nitrogens is 1. The van der Waals surface area contributed by atoms with Crippen LogP contribution < -0.4 is 15.6 Å².